The first kappa shape index (κ1) is 35.6. The van der Waals surface area contributed by atoms with E-state index in [0.29, 0.717) is 0 Å². The summed E-state index contributed by atoms with van der Waals surface area (Å²) >= 11 is 0. The van der Waals surface area contributed by atoms with Crippen LogP contribution in [0.15, 0.2) is 212 Å². The number of benzene rings is 9. The van der Waals surface area contributed by atoms with Crippen LogP contribution in [0.25, 0.3) is 72.8 Å². The van der Waals surface area contributed by atoms with Gasteiger partial charge in [-0.1, -0.05) is 214 Å². The lowest BCUT2D eigenvalue weighted by Gasteiger charge is -2.34. The van der Waals surface area contributed by atoms with Crippen molar-refractivity contribution < 1.29 is 0 Å². The van der Waals surface area contributed by atoms with Gasteiger partial charge in [0.05, 0.1) is 5.41 Å². The summed E-state index contributed by atoms with van der Waals surface area (Å²) in [6.07, 6.45) is 5.53. The Balaban J connectivity index is 1.09. The van der Waals surface area contributed by atoms with Crippen molar-refractivity contribution in [1.82, 2.24) is 0 Å². The second-order valence-corrected chi connectivity index (χ2v) is 17.5. The minimum Gasteiger partial charge on any atom is -0.0795 e. The van der Waals surface area contributed by atoms with Crippen molar-refractivity contribution in [3.8, 4) is 66.8 Å². The maximum atomic E-state index is 2.50. The molecule has 0 heteroatoms. The molecule has 0 aromatic heterocycles. The average molecular weight is 777 g/mol. The van der Waals surface area contributed by atoms with Gasteiger partial charge in [0.1, 0.15) is 0 Å². The first-order chi connectivity index (χ1) is 30.0. The van der Waals surface area contributed by atoms with Crippen LogP contribution in [0.4, 0.5) is 0 Å². The molecule has 3 aliphatic carbocycles. The molecule has 9 aromatic rings. The molecule has 0 bridgehead atoms. The van der Waals surface area contributed by atoms with E-state index in [0.717, 1.165) is 6.42 Å². The van der Waals surface area contributed by atoms with Crippen LogP contribution in [0.2, 0.25) is 0 Å². The first-order valence-corrected chi connectivity index (χ1v) is 21.6. The molecule has 0 saturated carbocycles. The van der Waals surface area contributed by atoms with Gasteiger partial charge in [-0.2, -0.15) is 0 Å². The standard InChI is InChI=1S/C61H44/c1-60(2)53-34-31-46(38-52(53)59-56(60)39-50(41-18-7-3-8-19-41)57(42-20-9-4-10-21-42)58(59)43-22-11-5-12-23-43)45-32-35-55-51(37-45)49-28-15-16-29-54(49)61(55,47-26-13-6-14-27-47)48-33-30-40-24-17-25-44(40)36-48/h3-24,26-39H,25H2,1-2H3. The third kappa shape index (κ3) is 5.25. The molecule has 0 saturated heterocycles. The molecule has 1 unspecified atom stereocenters. The molecule has 0 nitrogen and oxygen atoms in total. The van der Waals surface area contributed by atoms with E-state index in [4.69, 9.17) is 0 Å². The lowest BCUT2D eigenvalue weighted by atomic mass is 9.67. The van der Waals surface area contributed by atoms with Crippen LogP contribution < -0.4 is 0 Å². The Labute approximate surface area is 359 Å². The number of fused-ring (bicyclic) bond motifs is 7. The van der Waals surface area contributed by atoms with Gasteiger partial charge in [-0.15, -0.1) is 0 Å². The van der Waals surface area contributed by atoms with Crippen molar-refractivity contribution in [2.24, 2.45) is 0 Å². The summed E-state index contributed by atoms with van der Waals surface area (Å²) in [7, 11) is 0. The second-order valence-electron chi connectivity index (χ2n) is 17.5. The fourth-order valence-corrected chi connectivity index (χ4v) is 11.2. The van der Waals surface area contributed by atoms with Gasteiger partial charge in [0.25, 0.3) is 0 Å². The molecule has 0 aliphatic heterocycles. The van der Waals surface area contributed by atoms with Crippen LogP contribution in [0.5, 0.6) is 0 Å². The van der Waals surface area contributed by atoms with Crippen LogP contribution in [-0.4, -0.2) is 0 Å². The minimum absolute atomic E-state index is 0.205. The largest absolute Gasteiger partial charge is 0.0795 e. The zero-order valence-electron chi connectivity index (χ0n) is 34.5. The molecule has 0 heterocycles. The van der Waals surface area contributed by atoms with E-state index >= 15 is 0 Å². The van der Waals surface area contributed by atoms with E-state index in [2.05, 4.69) is 232 Å². The summed E-state index contributed by atoms with van der Waals surface area (Å²) in [6, 6.07) is 77.6. The Morgan fingerprint density at radius 2 is 0.918 bits per heavy atom. The highest BCUT2D eigenvalue weighted by atomic mass is 14.5. The van der Waals surface area contributed by atoms with Gasteiger partial charge >= 0.3 is 0 Å². The number of hydrogen-bond acceptors (Lipinski definition) is 0. The highest BCUT2D eigenvalue weighted by molar-refractivity contribution is 6.06. The van der Waals surface area contributed by atoms with Gasteiger partial charge in [0.15, 0.2) is 0 Å². The maximum Gasteiger partial charge on any atom is 0.0713 e. The molecular formula is C61H44. The van der Waals surface area contributed by atoms with Crippen LogP contribution >= 0.6 is 0 Å². The van der Waals surface area contributed by atoms with Crippen LogP contribution in [0.1, 0.15) is 58.4 Å². The van der Waals surface area contributed by atoms with E-state index in [9.17, 15) is 0 Å². The van der Waals surface area contributed by atoms with Crippen LogP contribution in [0, 0.1) is 0 Å². The van der Waals surface area contributed by atoms with Gasteiger partial charge in [0, 0.05) is 5.41 Å². The Morgan fingerprint density at radius 3 is 1.62 bits per heavy atom. The molecule has 0 spiro atoms. The number of allylic oxidation sites excluding steroid dienone is 1. The van der Waals surface area contributed by atoms with E-state index < -0.39 is 5.41 Å². The molecule has 61 heavy (non-hydrogen) atoms. The van der Waals surface area contributed by atoms with Crippen LogP contribution in [-0.2, 0) is 17.3 Å². The highest BCUT2D eigenvalue weighted by Crippen LogP contribution is 2.59. The Hall–Kier alpha value is -7.28. The minimum atomic E-state index is -0.431. The Morgan fingerprint density at radius 1 is 0.344 bits per heavy atom. The van der Waals surface area contributed by atoms with Crippen molar-refractivity contribution >= 4 is 6.08 Å². The zero-order valence-corrected chi connectivity index (χ0v) is 34.5. The summed E-state index contributed by atoms with van der Waals surface area (Å²) in [6.45, 7) is 4.82. The van der Waals surface area contributed by atoms with E-state index in [1.54, 1.807) is 0 Å². The van der Waals surface area contributed by atoms with Crippen LogP contribution in [0.3, 0.4) is 0 Å². The lowest BCUT2D eigenvalue weighted by Crippen LogP contribution is -2.28. The normalized spacial score (nSPS) is 16.1. The first-order valence-electron chi connectivity index (χ1n) is 21.6. The SMILES string of the molecule is CC1(C)c2ccc(-c3ccc4c(c3)-c3ccccc3C4(c3ccccc3)c3ccc4c(c3)CC=C4)cc2-c2c1cc(-c1ccccc1)c(-c1ccccc1)c2-c1ccccc1. The number of rotatable bonds is 6. The average Bonchev–Trinajstić information content (AvgIpc) is 3.98. The molecule has 0 amide bonds. The fraction of sp³-hybridized carbons (Fsp3) is 0.0820. The quantitative estimate of drug-likeness (QED) is 0.158. The number of hydrogen-bond donors (Lipinski definition) is 0. The fourth-order valence-electron chi connectivity index (χ4n) is 11.2. The Bertz CT molecular complexity index is 3210. The summed E-state index contributed by atoms with van der Waals surface area (Å²) in [5.74, 6) is 0. The molecule has 0 fully saturated rings. The van der Waals surface area contributed by atoms with Gasteiger partial charge in [-0.25, -0.2) is 0 Å². The van der Waals surface area contributed by atoms with Gasteiger partial charge in [-0.05, 0) is 136 Å². The molecule has 12 rings (SSSR count). The maximum absolute atomic E-state index is 2.50. The van der Waals surface area contributed by atoms with Crippen molar-refractivity contribution in [2.45, 2.75) is 31.1 Å². The molecule has 3 aliphatic rings. The predicted octanol–water partition coefficient (Wildman–Crippen LogP) is 15.6. The molecule has 0 N–H and O–H groups in total. The lowest BCUT2D eigenvalue weighted by molar-refractivity contribution is 0.661. The second kappa shape index (κ2) is 13.6. The van der Waals surface area contributed by atoms with Gasteiger partial charge < -0.3 is 0 Å². The van der Waals surface area contributed by atoms with Crippen molar-refractivity contribution in [2.75, 3.05) is 0 Å². The topological polar surface area (TPSA) is 0 Å². The van der Waals surface area contributed by atoms with Gasteiger partial charge in [0.2, 0.25) is 0 Å². The van der Waals surface area contributed by atoms with Crippen molar-refractivity contribution in [1.29, 1.82) is 0 Å². The smallest absolute Gasteiger partial charge is 0.0713 e. The third-order valence-electron chi connectivity index (χ3n) is 14.0. The van der Waals surface area contributed by atoms with E-state index in [1.165, 1.54) is 111 Å². The molecule has 0 radical (unpaired) electrons. The van der Waals surface area contributed by atoms with Crippen molar-refractivity contribution in [3.63, 3.8) is 0 Å². The summed E-state index contributed by atoms with van der Waals surface area (Å²) < 4.78 is 0. The van der Waals surface area contributed by atoms with E-state index in [1.807, 2.05) is 0 Å². The molecule has 288 valence electrons. The molecule has 9 aromatic carbocycles. The van der Waals surface area contributed by atoms with Gasteiger partial charge in [-0.3, -0.25) is 0 Å². The Kier molecular flexibility index (Phi) is 7.96. The highest BCUT2D eigenvalue weighted by Gasteiger charge is 2.46. The molecule has 1 atom stereocenters. The van der Waals surface area contributed by atoms with Crippen molar-refractivity contribution in [3.05, 3.63) is 257 Å². The van der Waals surface area contributed by atoms with E-state index in [-0.39, 0.29) is 5.41 Å². The predicted molar refractivity (Wildman–Crippen MR) is 256 cm³/mol. The summed E-state index contributed by atoms with van der Waals surface area (Å²) in [5.41, 5.74) is 25.4. The third-order valence-corrected chi connectivity index (χ3v) is 14.0. The summed E-state index contributed by atoms with van der Waals surface area (Å²) in [4.78, 5) is 0. The molecular weight excluding hydrogens is 733 g/mol. The summed E-state index contributed by atoms with van der Waals surface area (Å²) in [5, 5.41) is 0. The zero-order chi connectivity index (χ0) is 40.7. The monoisotopic (exact) mass is 776 g/mol.